The number of hydrogen-bond donors (Lipinski definition) is 4. The van der Waals surface area contributed by atoms with E-state index in [2.05, 4.69) is 51.9 Å². The Morgan fingerprint density at radius 2 is 1.38 bits per heavy atom. The first-order valence-corrected chi connectivity index (χ1v) is 27.6. The zero-order chi connectivity index (χ0) is 48.2. The number of benzene rings is 3. The molecule has 3 aliphatic carbocycles. The lowest BCUT2D eigenvalue weighted by Crippen LogP contribution is -2.57. The number of hydrogen-bond acceptors (Lipinski definition) is 8. The first kappa shape index (κ1) is 45.9. The minimum atomic E-state index is -1.84. The Morgan fingerprint density at radius 3 is 2.00 bits per heavy atom. The van der Waals surface area contributed by atoms with Crippen molar-refractivity contribution in [2.24, 2.45) is 17.8 Å². The van der Waals surface area contributed by atoms with E-state index < -0.39 is 79.8 Å². The Balaban J connectivity index is 0.863. The SMILES string of the molecule is CC(C)[C@H](NC(=O)OC1(C)CC1)C(=O)N1C[Si](C)(C)C[C@H]1c1ncc(-c2ccc(-c3ccc4c(ccc5nc([C@H]6[C@@H]7C[C@@H]([C@@H](F)[C@H]7F)N6C(=O)[C@@H](NC(=O)OC6(C)CC6)C(C)C)[nH]c54)c3)cc2)[nH]1. The number of rotatable bonds is 12. The van der Waals surface area contributed by atoms with Crippen LogP contribution in [-0.4, -0.2) is 110 Å². The molecule has 5 aliphatic rings. The van der Waals surface area contributed by atoms with E-state index in [4.69, 9.17) is 19.4 Å². The van der Waals surface area contributed by atoms with E-state index in [1.807, 2.05) is 75.2 Å². The molecule has 2 saturated heterocycles. The third kappa shape index (κ3) is 8.52. The maximum absolute atomic E-state index is 15.6. The van der Waals surface area contributed by atoms with Gasteiger partial charge in [0.25, 0.3) is 0 Å². The predicted molar refractivity (Wildman–Crippen MR) is 256 cm³/mol. The Hall–Kier alpha value is -5.84. The normalized spacial score (nSPS) is 26.1. The third-order valence-corrected chi connectivity index (χ3v) is 17.8. The zero-order valence-electron chi connectivity index (χ0n) is 40.0. The van der Waals surface area contributed by atoms with Crippen molar-refractivity contribution in [3.05, 3.63) is 72.4 Å². The smallest absolute Gasteiger partial charge is 0.408 e. The van der Waals surface area contributed by atoms with Crippen molar-refractivity contribution >= 4 is 53.9 Å². The molecule has 5 aromatic rings. The van der Waals surface area contributed by atoms with E-state index in [1.54, 1.807) is 13.8 Å². The monoisotopic (exact) mass is 948 g/mol. The van der Waals surface area contributed by atoms with Crippen LogP contribution in [-0.2, 0) is 19.1 Å². The topological polar surface area (TPSA) is 175 Å². The molecule has 4 N–H and O–H groups in total. The molecular formula is C51H62F2N8O6Si. The molecule has 8 atom stereocenters. The second kappa shape index (κ2) is 16.7. The summed E-state index contributed by atoms with van der Waals surface area (Å²) < 4.78 is 42.2. The van der Waals surface area contributed by atoms with Crippen molar-refractivity contribution in [1.82, 2.24) is 40.4 Å². The number of halogens is 2. The summed E-state index contributed by atoms with van der Waals surface area (Å²) in [6.45, 7) is 15.8. The fourth-order valence-corrected chi connectivity index (χ4v) is 13.6. The highest BCUT2D eigenvalue weighted by Gasteiger charge is 2.62. The molecule has 0 unspecified atom stereocenters. The van der Waals surface area contributed by atoms with Crippen LogP contribution < -0.4 is 10.6 Å². The predicted octanol–water partition coefficient (Wildman–Crippen LogP) is 9.46. The van der Waals surface area contributed by atoms with Gasteiger partial charge < -0.3 is 39.9 Å². The molecule has 0 spiro atoms. The summed E-state index contributed by atoms with van der Waals surface area (Å²) in [4.78, 5) is 74.2. The van der Waals surface area contributed by atoms with Gasteiger partial charge in [-0.25, -0.2) is 28.3 Å². The van der Waals surface area contributed by atoms with Crippen LogP contribution in [0.4, 0.5) is 18.4 Å². The standard InChI is InChI=1S/C51H62F2N8O6Si/c1-26(2)40(58-48(64)66-50(5)17-18-50)46(62)60-25-68(7,8)24-37(60)44-54-23-35(56-44)29-11-9-28(10-12-29)30-13-15-32-31(21-30)14-16-34-42(32)57-45(55-34)43-33-22-36(39(53)38(33)52)61(43)47(63)41(27(3)4)59-49(65)67-51(6)19-20-51/h9-16,21,23,26-27,33,36-41,43H,17-20,22,24-25H2,1-8H3,(H,54,56)(H,55,57)(H,58,64)(H,59,65)/t33-,36+,37+,38+,39-,40+,41+,43-/m1/s1. The van der Waals surface area contributed by atoms with Gasteiger partial charge >= 0.3 is 12.2 Å². The zero-order valence-corrected chi connectivity index (χ0v) is 41.0. The minimum absolute atomic E-state index is 0.120. The van der Waals surface area contributed by atoms with E-state index in [0.717, 1.165) is 76.2 Å². The molecule has 0 radical (unpaired) electrons. The highest BCUT2D eigenvalue weighted by atomic mass is 28.3. The van der Waals surface area contributed by atoms with Gasteiger partial charge in [0.2, 0.25) is 11.8 Å². The number of aromatic amines is 2. The molecule has 2 aliphatic heterocycles. The molecule has 2 bridgehead atoms. The van der Waals surface area contributed by atoms with Crippen LogP contribution in [0.5, 0.6) is 0 Å². The maximum Gasteiger partial charge on any atom is 0.408 e. The highest BCUT2D eigenvalue weighted by molar-refractivity contribution is 6.78. The third-order valence-electron chi connectivity index (χ3n) is 15.1. The quantitative estimate of drug-likeness (QED) is 0.0895. The van der Waals surface area contributed by atoms with Crippen LogP contribution in [0.25, 0.3) is 44.2 Å². The average molecular weight is 949 g/mol. The first-order valence-electron chi connectivity index (χ1n) is 24.2. The van der Waals surface area contributed by atoms with Crippen LogP contribution in [0.1, 0.15) is 97.4 Å². The number of nitrogens with one attached hydrogen (secondary N) is 4. The second-order valence-electron chi connectivity index (χ2n) is 22.1. The molecule has 3 aromatic carbocycles. The van der Waals surface area contributed by atoms with Gasteiger partial charge in [0.05, 0.1) is 49.1 Å². The Labute approximate surface area is 395 Å². The fraction of sp³-hybridized carbons (Fsp3) is 0.529. The van der Waals surface area contributed by atoms with Gasteiger partial charge in [-0.2, -0.15) is 0 Å². The van der Waals surface area contributed by atoms with Crippen LogP contribution in [0.15, 0.2) is 60.8 Å². The summed E-state index contributed by atoms with van der Waals surface area (Å²) in [5.74, 6) is -0.767. The number of carbonyl (C=O) groups is 4. The number of ether oxygens (including phenoxy) is 2. The minimum Gasteiger partial charge on any atom is -0.443 e. The summed E-state index contributed by atoms with van der Waals surface area (Å²) >= 11 is 0. The van der Waals surface area contributed by atoms with E-state index in [-0.39, 0.29) is 30.2 Å². The van der Waals surface area contributed by atoms with Crippen LogP contribution >= 0.6 is 0 Å². The van der Waals surface area contributed by atoms with Gasteiger partial charge in [-0.3, -0.25) is 9.59 Å². The van der Waals surface area contributed by atoms with E-state index in [9.17, 15) is 19.2 Å². The number of amides is 4. The fourth-order valence-electron chi connectivity index (χ4n) is 10.7. The number of likely N-dealkylation sites (tertiary alicyclic amines) is 1. The Morgan fingerprint density at radius 1 is 0.779 bits per heavy atom. The number of imidazole rings is 2. The molecule has 14 nitrogen and oxygen atoms in total. The van der Waals surface area contributed by atoms with Gasteiger partial charge in [0, 0.05) is 17.5 Å². The molecule has 360 valence electrons. The molecule has 4 amide bonds. The number of carbonyl (C=O) groups excluding carboxylic acids is 4. The van der Waals surface area contributed by atoms with Crippen LogP contribution in [0.3, 0.4) is 0 Å². The summed E-state index contributed by atoms with van der Waals surface area (Å²) in [5.41, 5.74) is 4.14. The molecule has 5 fully saturated rings. The van der Waals surface area contributed by atoms with Gasteiger partial charge in [0.15, 0.2) is 6.17 Å². The average Bonchev–Trinajstić information content (AvgIpc) is 3.76. The molecule has 3 saturated carbocycles. The number of alkyl carbamates (subject to hydrolysis) is 2. The number of H-pyrrole nitrogens is 2. The van der Waals surface area contributed by atoms with E-state index in [0.29, 0.717) is 17.5 Å². The number of fused-ring (bicyclic) bond motifs is 5. The van der Waals surface area contributed by atoms with E-state index in [1.165, 1.54) is 4.90 Å². The van der Waals surface area contributed by atoms with Crippen molar-refractivity contribution in [2.45, 2.75) is 147 Å². The lowest BCUT2D eigenvalue weighted by Gasteiger charge is -2.40. The summed E-state index contributed by atoms with van der Waals surface area (Å²) in [7, 11) is -1.81. The van der Waals surface area contributed by atoms with Crippen LogP contribution in [0, 0.1) is 17.8 Å². The summed E-state index contributed by atoms with van der Waals surface area (Å²) in [6.07, 6.45) is 0.933. The van der Waals surface area contributed by atoms with Crippen molar-refractivity contribution in [3.8, 4) is 22.4 Å². The molecule has 4 heterocycles. The van der Waals surface area contributed by atoms with Gasteiger partial charge in [-0.15, -0.1) is 0 Å². The molecule has 2 aromatic heterocycles. The van der Waals surface area contributed by atoms with Crippen LogP contribution in [0.2, 0.25) is 19.1 Å². The maximum atomic E-state index is 15.6. The second-order valence-corrected chi connectivity index (χ2v) is 27.1. The molecule has 17 heteroatoms. The highest BCUT2D eigenvalue weighted by Crippen LogP contribution is 2.53. The van der Waals surface area contributed by atoms with Gasteiger partial charge in [-0.1, -0.05) is 83.3 Å². The lowest BCUT2D eigenvalue weighted by molar-refractivity contribution is -0.143. The number of alkyl halides is 2. The largest absolute Gasteiger partial charge is 0.443 e. The van der Waals surface area contributed by atoms with Gasteiger partial charge in [0.1, 0.15) is 41.1 Å². The molecule has 68 heavy (non-hydrogen) atoms. The van der Waals surface area contributed by atoms with E-state index >= 15 is 8.78 Å². The van der Waals surface area contributed by atoms with Crippen molar-refractivity contribution in [2.75, 3.05) is 6.17 Å². The molecule has 10 rings (SSSR count). The Kier molecular flexibility index (Phi) is 11.3. The molecular weight excluding hydrogens is 887 g/mol. The van der Waals surface area contributed by atoms with Crippen molar-refractivity contribution < 1.29 is 37.4 Å². The number of piperidine rings is 1. The number of aromatic nitrogens is 4. The Bertz CT molecular complexity index is 2800. The summed E-state index contributed by atoms with van der Waals surface area (Å²) in [6, 6.07) is 15.3. The number of nitrogens with zero attached hydrogens (tertiary/aromatic N) is 4. The summed E-state index contributed by atoms with van der Waals surface area (Å²) in [5, 5.41) is 7.44. The van der Waals surface area contributed by atoms with Crippen molar-refractivity contribution in [1.29, 1.82) is 0 Å². The van der Waals surface area contributed by atoms with Crippen molar-refractivity contribution in [3.63, 3.8) is 0 Å². The van der Waals surface area contributed by atoms with Gasteiger partial charge in [-0.05, 0) is 98.0 Å². The first-order chi connectivity index (χ1) is 32.2. The lowest BCUT2D eigenvalue weighted by atomic mass is 9.93.